The van der Waals surface area contributed by atoms with Crippen LogP contribution in [0.25, 0.3) is 0 Å². The molecule has 0 radical (unpaired) electrons. The summed E-state index contributed by atoms with van der Waals surface area (Å²) in [6, 6.07) is 0. The molecule has 14 heteroatoms. The van der Waals surface area contributed by atoms with E-state index >= 15 is 0 Å². The number of hydrogen-bond acceptors (Lipinski definition) is 12. The maximum Gasteiger partial charge on any atom is 0.472 e. The molecule has 0 amide bonds. The molecule has 1 saturated carbocycles. The van der Waals surface area contributed by atoms with Crippen LogP contribution >= 0.6 is 7.82 Å². The zero-order valence-corrected chi connectivity index (χ0v) is 35.3. The highest BCUT2D eigenvalue weighted by atomic mass is 31.2. The third-order valence-electron chi connectivity index (χ3n) is 10.0. The van der Waals surface area contributed by atoms with Crippen LogP contribution in [0.15, 0.2) is 24.3 Å². The maximum absolute atomic E-state index is 12.8. The Balaban J connectivity index is 2.51. The number of ether oxygens (including phenoxy) is 2. The lowest BCUT2D eigenvalue weighted by molar-refractivity contribution is -0.220. The first-order chi connectivity index (χ1) is 26.9. The summed E-state index contributed by atoms with van der Waals surface area (Å²) < 4.78 is 33.4. The van der Waals surface area contributed by atoms with E-state index in [0.29, 0.717) is 12.8 Å². The van der Waals surface area contributed by atoms with E-state index in [2.05, 4.69) is 38.2 Å². The van der Waals surface area contributed by atoms with E-state index < -0.39 is 75.7 Å². The van der Waals surface area contributed by atoms with Crippen molar-refractivity contribution in [2.45, 2.75) is 217 Å². The molecule has 0 heterocycles. The first-order valence-electron chi connectivity index (χ1n) is 21.6. The molecule has 6 N–H and O–H groups in total. The van der Waals surface area contributed by atoms with Gasteiger partial charge in [-0.1, -0.05) is 122 Å². The maximum atomic E-state index is 12.8. The van der Waals surface area contributed by atoms with Crippen LogP contribution in [0.1, 0.15) is 174 Å². The number of rotatable bonds is 35. The van der Waals surface area contributed by atoms with Crippen molar-refractivity contribution in [3.8, 4) is 0 Å². The Bertz CT molecular complexity index is 1090. The minimum atomic E-state index is -5.11. The Morgan fingerprint density at radius 1 is 0.536 bits per heavy atom. The van der Waals surface area contributed by atoms with Gasteiger partial charge in [0.25, 0.3) is 0 Å². The highest BCUT2D eigenvalue weighted by Gasteiger charge is 2.51. The van der Waals surface area contributed by atoms with Crippen molar-refractivity contribution in [2.24, 2.45) is 0 Å². The average molecular weight is 821 g/mol. The topological polar surface area (TPSA) is 210 Å². The van der Waals surface area contributed by atoms with E-state index in [1.54, 1.807) is 0 Å². The zero-order chi connectivity index (χ0) is 41.4. The molecule has 328 valence electrons. The molecule has 8 atom stereocenters. The van der Waals surface area contributed by atoms with Crippen LogP contribution in [0.3, 0.4) is 0 Å². The van der Waals surface area contributed by atoms with Gasteiger partial charge in [-0.2, -0.15) is 0 Å². The summed E-state index contributed by atoms with van der Waals surface area (Å²) >= 11 is 0. The molecule has 0 aromatic heterocycles. The van der Waals surface area contributed by atoms with Gasteiger partial charge in [0, 0.05) is 12.8 Å². The number of phosphoric ester groups is 1. The molecule has 0 aromatic rings. The summed E-state index contributed by atoms with van der Waals surface area (Å²) in [4.78, 5) is 35.6. The van der Waals surface area contributed by atoms with E-state index in [0.717, 1.165) is 77.0 Å². The molecule has 1 rings (SSSR count). The van der Waals surface area contributed by atoms with Crippen LogP contribution in [-0.2, 0) is 32.7 Å². The number of hydrogen-bond donors (Lipinski definition) is 6. The van der Waals surface area contributed by atoms with Gasteiger partial charge in [-0.05, 0) is 64.2 Å². The highest BCUT2D eigenvalue weighted by molar-refractivity contribution is 7.47. The SMILES string of the molecule is CCCCC/C=C\CCCCCCCC(=O)OC[C@H](COP(=O)(O)OC1C(O)C(O)C(O)[C@@H](O)C1O)OC(=O)CCCCCCC/C=C\CCCCCCCC. The molecule has 1 fully saturated rings. The number of phosphoric acid groups is 1. The molecular formula is C42H77O13P. The summed E-state index contributed by atoms with van der Waals surface area (Å²) in [5.74, 6) is -1.12. The van der Waals surface area contributed by atoms with Crippen LogP contribution in [0.2, 0.25) is 0 Å². The summed E-state index contributed by atoms with van der Waals surface area (Å²) in [6.45, 7) is 3.24. The van der Waals surface area contributed by atoms with Gasteiger partial charge in [-0.25, -0.2) is 4.57 Å². The van der Waals surface area contributed by atoms with Crippen molar-refractivity contribution >= 4 is 19.8 Å². The van der Waals surface area contributed by atoms with Gasteiger partial charge < -0.3 is 39.9 Å². The van der Waals surface area contributed by atoms with Crippen molar-refractivity contribution in [1.29, 1.82) is 0 Å². The first-order valence-corrected chi connectivity index (χ1v) is 23.1. The Labute approximate surface area is 336 Å². The predicted octanol–water partition coefficient (Wildman–Crippen LogP) is 7.67. The molecular weight excluding hydrogens is 743 g/mol. The molecule has 0 saturated heterocycles. The fourth-order valence-corrected chi connectivity index (χ4v) is 7.42. The van der Waals surface area contributed by atoms with Gasteiger partial charge in [0.15, 0.2) is 6.10 Å². The predicted molar refractivity (Wildman–Crippen MR) is 217 cm³/mol. The second-order valence-electron chi connectivity index (χ2n) is 15.2. The number of esters is 2. The van der Waals surface area contributed by atoms with Gasteiger partial charge in [-0.15, -0.1) is 0 Å². The molecule has 1 aliphatic carbocycles. The van der Waals surface area contributed by atoms with E-state index in [1.807, 2.05) is 0 Å². The lowest BCUT2D eigenvalue weighted by atomic mass is 9.85. The second kappa shape index (κ2) is 33.2. The number of allylic oxidation sites excluding steroid dienone is 4. The summed E-state index contributed by atoms with van der Waals surface area (Å²) in [5, 5.41) is 50.0. The monoisotopic (exact) mass is 821 g/mol. The highest BCUT2D eigenvalue weighted by Crippen LogP contribution is 2.47. The minimum Gasteiger partial charge on any atom is -0.462 e. The number of carbonyl (C=O) groups is 2. The summed E-state index contributed by atoms with van der Waals surface area (Å²) in [5.41, 5.74) is 0. The summed E-state index contributed by atoms with van der Waals surface area (Å²) in [6.07, 6.45) is 21.0. The van der Waals surface area contributed by atoms with Crippen molar-refractivity contribution in [3.63, 3.8) is 0 Å². The molecule has 1 aliphatic rings. The van der Waals surface area contributed by atoms with Crippen molar-refractivity contribution < 1.29 is 63.1 Å². The van der Waals surface area contributed by atoms with Gasteiger partial charge in [0.05, 0.1) is 6.61 Å². The van der Waals surface area contributed by atoms with E-state index in [9.17, 15) is 44.6 Å². The Hall–Kier alpha value is -1.67. The van der Waals surface area contributed by atoms with Gasteiger partial charge in [0.1, 0.15) is 43.2 Å². The standard InChI is InChI=1S/C42H77O13P/c1-3-5-7-9-11-13-15-17-18-19-21-23-25-27-29-31-36(44)54-34(32-52-35(43)30-28-26-24-22-20-16-14-12-10-8-6-4-2)33-53-56(50,51)55-42-40(48)38(46)37(45)39(47)41(42)49/h12,14,17-18,34,37-42,45-49H,3-11,13,15-16,19-33H2,1-2H3,(H,50,51)/b14-12-,18-17-/t34-,37?,38-,39?,40?,41?,42?/m1/s1. The number of unbranched alkanes of at least 4 members (excludes halogenated alkanes) is 19. The number of aliphatic hydroxyl groups is 5. The third-order valence-corrected chi connectivity index (χ3v) is 11.0. The molecule has 0 aliphatic heterocycles. The molecule has 6 unspecified atom stereocenters. The number of carbonyl (C=O) groups excluding carboxylic acids is 2. The van der Waals surface area contributed by atoms with E-state index in [4.69, 9.17) is 18.5 Å². The molecule has 0 bridgehead atoms. The van der Waals surface area contributed by atoms with Crippen molar-refractivity contribution in [3.05, 3.63) is 24.3 Å². The molecule has 0 spiro atoms. The van der Waals surface area contributed by atoms with Crippen LogP contribution < -0.4 is 0 Å². The third kappa shape index (κ3) is 25.6. The summed E-state index contributed by atoms with van der Waals surface area (Å²) in [7, 11) is -5.11. The zero-order valence-electron chi connectivity index (χ0n) is 34.4. The average Bonchev–Trinajstić information content (AvgIpc) is 3.18. The minimum absolute atomic E-state index is 0.0864. The lowest BCUT2D eigenvalue weighted by Crippen LogP contribution is -2.64. The Morgan fingerprint density at radius 3 is 1.39 bits per heavy atom. The first kappa shape index (κ1) is 52.3. The Kier molecular flexibility index (Phi) is 31.0. The van der Waals surface area contributed by atoms with Crippen LogP contribution in [0.5, 0.6) is 0 Å². The van der Waals surface area contributed by atoms with Crippen molar-refractivity contribution in [1.82, 2.24) is 0 Å². The Morgan fingerprint density at radius 2 is 0.911 bits per heavy atom. The van der Waals surface area contributed by atoms with E-state index in [1.165, 1.54) is 57.8 Å². The molecule has 56 heavy (non-hydrogen) atoms. The largest absolute Gasteiger partial charge is 0.472 e. The second-order valence-corrected chi connectivity index (χ2v) is 16.6. The van der Waals surface area contributed by atoms with Gasteiger partial charge in [0.2, 0.25) is 0 Å². The molecule has 0 aromatic carbocycles. The van der Waals surface area contributed by atoms with E-state index in [-0.39, 0.29) is 12.8 Å². The van der Waals surface area contributed by atoms with Gasteiger partial charge >= 0.3 is 19.8 Å². The van der Waals surface area contributed by atoms with Crippen LogP contribution in [-0.4, -0.2) is 98.3 Å². The fraction of sp³-hybridized carbons (Fsp3) is 0.857. The van der Waals surface area contributed by atoms with Gasteiger partial charge in [-0.3, -0.25) is 18.6 Å². The van der Waals surface area contributed by atoms with Crippen molar-refractivity contribution in [2.75, 3.05) is 13.2 Å². The van der Waals surface area contributed by atoms with Crippen LogP contribution in [0, 0.1) is 0 Å². The fourth-order valence-electron chi connectivity index (χ4n) is 6.45. The normalized spacial score (nSPS) is 23.1. The lowest BCUT2D eigenvalue weighted by Gasteiger charge is -2.41. The molecule has 13 nitrogen and oxygen atoms in total. The van der Waals surface area contributed by atoms with Crippen LogP contribution in [0.4, 0.5) is 0 Å². The quantitative estimate of drug-likeness (QED) is 0.0157. The number of aliphatic hydroxyl groups excluding tert-OH is 5. The smallest absolute Gasteiger partial charge is 0.462 e.